The first-order valence-electron chi connectivity index (χ1n) is 7.19. The fraction of sp³-hybridized carbons (Fsp3) is 0.222. The Balaban J connectivity index is 2.22. The summed E-state index contributed by atoms with van der Waals surface area (Å²) in [6, 6.07) is 10.0. The van der Waals surface area contributed by atoms with Gasteiger partial charge in [-0.05, 0) is 48.6 Å². The van der Waals surface area contributed by atoms with Gasteiger partial charge < -0.3 is 4.40 Å². The second-order valence-electron chi connectivity index (χ2n) is 5.32. The summed E-state index contributed by atoms with van der Waals surface area (Å²) in [5, 5.41) is 10.8. The van der Waals surface area contributed by atoms with Crippen molar-refractivity contribution in [3.8, 4) is 6.07 Å². The number of hydrogen-bond acceptors (Lipinski definition) is 3. The van der Waals surface area contributed by atoms with E-state index in [0.29, 0.717) is 12.8 Å². The monoisotopic (exact) mass is 308 g/mol. The SMILES string of the molecule is Cc1ccsc1C(=O)c1c(C)c(CCC#N)n2ccccc12. The second kappa shape index (κ2) is 5.78. The highest BCUT2D eigenvalue weighted by Gasteiger charge is 2.22. The number of nitriles is 1. The largest absolute Gasteiger partial charge is 0.320 e. The molecule has 0 fully saturated rings. The Morgan fingerprint density at radius 2 is 2.14 bits per heavy atom. The lowest BCUT2D eigenvalue weighted by molar-refractivity contribution is 0.104. The number of thiophene rings is 1. The number of hydrogen-bond donors (Lipinski definition) is 0. The molecule has 0 aromatic carbocycles. The molecule has 0 unspecified atom stereocenters. The minimum absolute atomic E-state index is 0.0805. The standard InChI is InChI=1S/C18H16N2OS/c1-12-8-11-22-18(12)17(21)16-13(2)14(7-5-9-19)20-10-4-3-6-15(16)20/h3-4,6,8,10-11H,5,7H2,1-2H3. The van der Waals surface area contributed by atoms with E-state index in [4.69, 9.17) is 5.26 Å². The third kappa shape index (κ3) is 2.24. The Kier molecular flexibility index (Phi) is 3.82. The van der Waals surface area contributed by atoms with Crippen molar-refractivity contribution in [1.82, 2.24) is 4.40 Å². The zero-order valence-corrected chi connectivity index (χ0v) is 13.4. The molecule has 0 saturated carbocycles. The van der Waals surface area contributed by atoms with E-state index >= 15 is 0 Å². The summed E-state index contributed by atoms with van der Waals surface area (Å²) in [6.45, 7) is 3.95. The van der Waals surface area contributed by atoms with E-state index in [2.05, 4.69) is 6.07 Å². The van der Waals surface area contributed by atoms with Crippen LogP contribution in [0, 0.1) is 25.2 Å². The van der Waals surface area contributed by atoms with Gasteiger partial charge in [0.2, 0.25) is 5.78 Å². The highest BCUT2D eigenvalue weighted by atomic mass is 32.1. The first-order chi connectivity index (χ1) is 10.6. The molecule has 4 heteroatoms. The van der Waals surface area contributed by atoms with Crippen LogP contribution in [0.4, 0.5) is 0 Å². The summed E-state index contributed by atoms with van der Waals surface area (Å²) >= 11 is 1.49. The number of aromatic nitrogens is 1. The number of carbonyl (C=O) groups excluding carboxylic acids is 1. The minimum Gasteiger partial charge on any atom is -0.320 e. The quantitative estimate of drug-likeness (QED) is 0.674. The highest BCUT2D eigenvalue weighted by Crippen LogP contribution is 2.29. The van der Waals surface area contributed by atoms with Gasteiger partial charge in [0.15, 0.2) is 0 Å². The summed E-state index contributed by atoms with van der Waals surface area (Å²) in [4.78, 5) is 13.8. The molecule has 0 saturated heterocycles. The number of aryl methyl sites for hydroxylation is 2. The zero-order valence-electron chi connectivity index (χ0n) is 12.6. The first-order valence-corrected chi connectivity index (χ1v) is 8.07. The first kappa shape index (κ1) is 14.6. The number of pyridine rings is 1. The summed E-state index contributed by atoms with van der Waals surface area (Å²) < 4.78 is 2.04. The van der Waals surface area contributed by atoms with Crippen molar-refractivity contribution >= 4 is 22.6 Å². The molecule has 3 nitrogen and oxygen atoms in total. The van der Waals surface area contributed by atoms with Gasteiger partial charge in [0.05, 0.1) is 22.0 Å². The van der Waals surface area contributed by atoms with Crippen molar-refractivity contribution in [2.24, 2.45) is 0 Å². The van der Waals surface area contributed by atoms with Crippen LogP contribution in [0.3, 0.4) is 0 Å². The van der Waals surface area contributed by atoms with Crippen LogP contribution in [0.5, 0.6) is 0 Å². The average molecular weight is 308 g/mol. The van der Waals surface area contributed by atoms with E-state index in [1.807, 2.05) is 54.1 Å². The van der Waals surface area contributed by atoms with Crippen molar-refractivity contribution in [3.05, 3.63) is 63.1 Å². The van der Waals surface area contributed by atoms with Gasteiger partial charge in [0.1, 0.15) is 0 Å². The zero-order chi connectivity index (χ0) is 15.7. The molecule has 0 atom stereocenters. The fourth-order valence-corrected chi connectivity index (χ4v) is 3.76. The molecular weight excluding hydrogens is 292 g/mol. The van der Waals surface area contributed by atoms with Crippen molar-refractivity contribution in [3.63, 3.8) is 0 Å². The molecule has 0 bridgehead atoms. The van der Waals surface area contributed by atoms with E-state index in [-0.39, 0.29) is 5.78 Å². The van der Waals surface area contributed by atoms with Crippen molar-refractivity contribution < 1.29 is 4.79 Å². The Morgan fingerprint density at radius 1 is 1.32 bits per heavy atom. The van der Waals surface area contributed by atoms with Gasteiger partial charge in [-0.3, -0.25) is 4.79 Å². The van der Waals surface area contributed by atoms with Crippen LogP contribution < -0.4 is 0 Å². The highest BCUT2D eigenvalue weighted by molar-refractivity contribution is 7.12. The maximum atomic E-state index is 13.0. The van der Waals surface area contributed by atoms with E-state index in [0.717, 1.165) is 32.8 Å². The molecule has 3 rings (SSSR count). The van der Waals surface area contributed by atoms with Crippen LogP contribution in [-0.2, 0) is 6.42 Å². The average Bonchev–Trinajstić information content (AvgIpc) is 3.06. The number of rotatable bonds is 4. The van der Waals surface area contributed by atoms with Gasteiger partial charge in [-0.2, -0.15) is 5.26 Å². The van der Waals surface area contributed by atoms with Crippen LogP contribution >= 0.6 is 11.3 Å². The van der Waals surface area contributed by atoms with Gasteiger partial charge in [-0.25, -0.2) is 0 Å². The van der Waals surface area contributed by atoms with Gasteiger partial charge in [-0.15, -0.1) is 11.3 Å². The normalized spacial score (nSPS) is 10.8. The van der Waals surface area contributed by atoms with Crippen molar-refractivity contribution in [2.45, 2.75) is 26.7 Å². The molecule has 3 heterocycles. The predicted octanol–water partition coefficient (Wildman–Crippen LogP) is 4.30. The van der Waals surface area contributed by atoms with Crippen LogP contribution in [0.25, 0.3) is 5.52 Å². The number of fused-ring (bicyclic) bond motifs is 1. The summed E-state index contributed by atoms with van der Waals surface area (Å²) in [5.74, 6) is 0.0805. The molecule has 22 heavy (non-hydrogen) atoms. The third-order valence-corrected chi connectivity index (χ3v) is 5.00. The minimum atomic E-state index is 0.0805. The lowest BCUT2D eigenvalue weighted by atomic mass is 10.0. The van der Waals surface area contributed by atoms with Gasteiger partial charge in [0.25, 0.3) is 0 Å². The Labute approximate surface area is 133 Å². The Bertz CT molecular complexity index is 896. The van der Waals surface area contributed by atoms with Gasteiger partial charge in [0, 0.05) is 24.7 Å². The predicted molar refractivity (Wildman–Crippen MR) is 88.6 cm³/mol. The van der Waals surface area contributed by atoms with E-state index in [1.165, 1.54) is 11.3 Å². The second-order valence-corrected chi connectivity index (χ2v) is 6.24. The number of nitrogens with zero attached hydrogens (tertiary/aromatic N) is 2. The molecule has 3 aromatic rings. The van der Waals surface area contributed by atoms with E-state index in [9.17, 15) is 4.79 Å². The van der Waals surface area contributed by atoms with Crippen LogP contribution in [0.15, 0.2) is 35.8 Å². The maximum absolute atomic E-state index is 13.0. The molecule has 0 aliphatic rings. The van der Waals surface area contributed by atoms with Crippen LogP contribution in [0.1, 0.15) is 38.5 Å². The lowest BCUT2D eigenvalue weighted by Crippen LogP contribution is -2.02. The van der Waals surface area contributed by atoms with Crippen molar-refractivity contribution in [2.75, 3.05) is 0 Å². The van der Waals surface area contributed by atoms with E-state index in [1.54, 1.807) is 0 Å². The molecule has 0 N–H and O–H groups in total. The molecular formula is C18H16N2OS. The summed E-state index contributed by atoms with van der Waals surface area (Å²) in [6.07, 6.45) is 3.07. The molecule has 110 valence electrons. The van der Waals surface area contributed by atoms with E-state index < -0.39 is 0 Å². The molecule has 0 amide bonds. The molecule has 0 radical (unpaired) electrons. The number of carbonyl (C=O) groups is 1. The maximum Gasteiger partial charge on any atom is 0.205 e. The molecule has 3 aromatic heterocycles. The topological polar surface area (TPSA) is 45.3 Å². The lowest BCUT2D eigenvalue weighted by Gasteiger charge is -2.01. The van der Waals surface area contributed by atoms with Gasteiger partial charge in [-0.1, -0.05) is 6.07 Å². The van der Waals surface area contributed by atoms with Gasteiger partial charge >= 0.3 is 0 Å². The summed E-state index contributed by atoms with van der Waals surface area (Å²) in [7, 11) is 0. The number of ketones is 1. The van der Waals surface area contributed by atoms with Crippen LogP contribution in [0.2, 0.25) is 0 Å². The molecule has 0 spiro atoms. The smallest absolute Gasteiger partial charge is 0.205 e. The molecule has 0 aliphatic heterocycles. The third-order valence-electron chi connectivity index (χ3n) is 3.98. The fourth-order valence-electron chi connectivity index (χ4n) is 2.89. The van der Waals surface area contributed by atoms with Crippen LogP contribution in [-0.4, -0.2) is 10.2 Å². The Morgan fingerprint density at radius 3 is 2.82 bits per heavy atom. The molecule has 0 aliphatic carbocycles. The Hall–Kier alpha value is -2.38. The summed E-state index contributed by atoms with van der Waals surface area (Å²) in [5.41, 5.74) is 4.74. The van der Waals surface area contributed by atoms with Crippen molar-refractivity contribution in [1.29, 1.82) is 5.26 Å².